The third-order valence-electron chi connectivity index (χ3n) is 5.12. The summed E-state index contributed by atoms with van der Waals surface area (Å²) in [7, 11) is 1.86. The molecule has 1 aliphatic carbocycles. The molecule has 1 heterocycles. The van der Waals surface area contributed by atoms with Crippen LogP contribution in [0.4, 0.5) is 0 Å². The van der Waals surface area contributed by atoms with E-state index >= 15 is 0 Å². The van der Waals surface area contributed by atoms with Crippen molar-refractivity contribution in [1.82, 2.24) is 9.80 Å². The average Bonchev–Trinajstić information content (AvgIpc) is 2.47. The molecule has 2 unspecified atom stereocenters. The summed E-state index contributed by atoms with van der Waals surface area (Å²) in [6, 6.07) is 0.738. The van der Waals surface area contributed by atoms with E-state index in [0.29, 0.717) is 6.10 Å². The maximum Gasteiger partial charge on any atom is 0.0586 e. The number of hydrogen-bond donors (Lipinski definition) is 1. The van der Waals surface area contributed by atoms with Gasteiger partial charge in [-0.05, 0) is 39.5 Å². The van der Waals surface area contributed by atoms with Gasteiger partial charge in [-0.3, -0.25) is 9.80 Å². The molecule has 0 spiro atoms. The van der Waals surface area contributed by atoms with Crippen molar-refractivity contribution < 1.29 is 4.74 Å². The van der Waals surface area contributed by atoms with Gasteiger partial charge in [-0.25, -0.2) is 0 Å². The molecule has 112 valence electrons. The molecule has 2 fully saturated rings. The molecule has 2 rings (SSSR count). The Kier molecular flexibility index (Phi) is 5.23. The largest absolute Gasteiger partial charge is 0.381 e. The van der Waals surface area contributed by atoms with Crippen molar-refractivity contribution in [2.75, 3.05) is 39.8 Å². The molecule has 1 saturated heterocycles. The lowest BCUT2D eigenvalue weighted by atomic mass is 9.91. The Labute approximate surface area is 118 Å². The first-order chi connectivity index (χ1) is 9.06. The maximum atomic E-state index is 5.88. The number of methoxy groups -OCH3 is 1. The molecule has 0 amide bonds. The van der Waals surface area contributed by atoms with Crippen LogP contribution in [0.3, 0.4) is 0 Å². The zero-order valence-corrected chi connectivity index (χ0v) is 12.9. The third-order valence-corrected chi connectivity index (χ3v) is 5.12. The lowest BCUT2D eigenvalue weighted by Gasteiger charge is -2.46. The highest BCUT2D eigenvalue weighted by molar-refractivity contribution is 4.89. The van der Waals surface area contributed by atoms with Gasteiger partial charge >= 0.3 is 0 Å². The van der Waals surface area contributed by atoms with Crippen molar-refractivity contribution in [3.05, 3.63) is 0 Å². The topological polar surface area (TPSA) is 41.7 Å². The lowest BCUT2D eigenvalue weighted by molar-refractivity contribution is -0.00479. The summed E-state index contributed by atoms with van der Waals surface area (Å²) in [5.41, 5.74) is 6.03. The van der Waals surface area contributed by atoms with Gasteiger partial charge in [-0.1, -0.05) is 0 Å². The number of piperazine rings is 1. The van der Waals surface area contributed by atoms with Crippen LogP contribution in [0.2, 0.25) is 0 Å². The van der Waals surface area contributed by atoms with Gasteiger partial charge in [0.05, 0.1) is 6.10 Å². The fourth-order valence-electron chi connectivity index (χ4n) is 3.49. The maximum absolute atomic E-state index is 5.88. The summed E-state index contributed by atoms with van der Waals surface area (Å²) < 4.78 is 5.55. The Hall–Kier alpha value is -0.160. The van der Waals surface area contributed by atoms with Gasteiger partial charge < -0.3 is 10.5 Å². The van der Waals surface area contributed by atoms with Gasteiger partial charge in [0.15, 0.2) is 0 Å². The normalized spacial score (nSPS) is 31.6. The first kappa shape index (κ1) is 15.2. The highest BCUT2D eigenvalue weighted by atomic mass is 16.5. The molecular formula is C15H31N3O. The average molecular weight is 269 g/mol. The molecule has 0 aromatic rings. The molecule has 1 saturated carbocycles. The summed E-state index contributed by atoms with van der Waals surface area (Å²) in [4.78, 5) is 5.22. The van der Waals surface area contributed by atoms with Gasteiger partial charge in [0.25, 0.3) is 0 Å². The summed E-state index contributed by atoms with van der Waals surface area (Å²) in [5.74, 6) is 0. The monoisotopic (exact) mass is 269 g/mol. The minimum absolute atomic E-state index is 0.147. The zero-order chi connectivity index (χ0) is 13.9. The number of nitrogens with zero attached hydrogens (tertiary/aromatic N) is 2. The highest BCUT2D eigenvalue weighted by Crippen LogP contribution is 2.26. The van der Waals surface area contributed by atoms with Gasteiger partial charge in [-0.15, -0.1) is 0 Å². The molecule has 2 N–H and O–H groups in total. The van der Waals surface area contributed by atoms with E-state index in [2.05, 4.69) is 23.6 Å². The SMILES string of the molecule is COC1CCCC(N2CCN(C(C)(C)CN)CC2)C1. The fraction of sp³-hybridized carbons (Fsp3) is 1.00. The molecule has 2 atom stereocenters. The summed E-state index contributed by atoms with van der Waals surface area (Å²) >= 11 is 0. The number of hydrogen-bond acceptors (Lipinski definition) is 4. The van der Waals surface area contributed by atoms with Crippen molar-refractivity contribution in [2.45, 2.75) is 57.2 Å². The second-order valence-electron chi connectivity index (χ2n) is 6.72. The van der Waals surface area contributed by atoms with Gasteiger partial charge in [-0.2, -0.15) is 0 Å². The quantitative estimate of drug-likeness (QED) is 0.835. The number of rotatable bonds is 4. The van der Waals surface area contributed by atoms with Crippen LogP contribution in [-0.2, 0) is 4.74 Å². The van der Waals surface area contributed by atoms with Crippen molar-refractivity contribution in [3.63, 3.8) is 0 Å². The summed E-state index contributed by atoms with van der Waals surface area (Å²) in [6.45, 7) is 9.92. The Morgan fingerprint density at radius 2 is 1.84 bits per heavy atom. The lowest BCUT2D eigenvalue weighted by Crippen LogP contribution is -2.59. The van der Waals surface area contributed by atoms with Gasteiger partial charge in [0.1, 0.15) is 0 Å². The van der Waals surface area contributed by atoms with E-state index in [1.807, 2.05) is 7.11 Å². The molecule has 0 aromatic carbocycles. The molecule has 4 nitrogen and oxygen atoms in total. The van der Waals surface area contributed by atoms with Crippen LogP contribution in [0.25, 0.3) is 0 Å². The smallest absolute Gasteiger partial charge is 0.0586 e. The second kappa shape index (κ2) is 6.53. The molecule has 0 bridgehead atoms. The van der Waals surface area contributed by atoms with Crippen LogP contribution in [-0.4, -0.2) is 67.3 Å². The van der Waals surface area contributed by atoms with E-state index in [1.54, 1.807) is 0 Å². The predicted molar refractivity (Wildman–Crippen MR) is 79.3 cm³/mol. The second-order valence-corrected chi connectivity index (χ2v) is 6.72. The predicted octanol–water partition coefficient (Wildman–Crippen LogP) is 1.30. The Bertz CT molecular complexity index is 275. The molecule has 0 radical (unpaired) electrons. The zero-order valence-electron chi connectivity index (χ0n) is 12.9. The Morgan fingerprint density at radius 1 is 1.16 bits per heavy atom. The Morgan fingerprint density at radius 3 is 2.42 bits per heavy atom. The highest BCUT2D eigenvalue weighted by Gasteiger charge is 2.32. The van der Waals surface area contributed by atoms with Gasteiger partial charge in [0, 0.05) is 51.4 Å². The Balaban J connectivity index is 1.83. The van der Waals surface area contributed by atoms with Gasteiger partial charge in [0.2, 0.25) is 0 Å². The third kappa shape index (κ3) is 3.69. The van der Waals surface area contributed by atoms with Crippen LogP contribution in [0.1, 0.15) is 39.5 Å². The number of ether oxygens (including phenoxy) is 1. The fourth-order valence-corrected chi connectivity index (χ4v) is 3.49. The van der Waals surface area contributed by atoms with E-state index < -0.39 is 0 Å². The first-order valence-electron chi connectivity index (χ1n) is 7.79. The summed E-state index contributed by atoms with van der Waals surface area (Å²) in [5, 5.41) is 0. The van der Waals surface area contributed by atoms with Crippen LogP contribution >= 0.6 is 0 Å². The van der Waals surface area contributed by atoms with Crippen LogP contribution in [0, 0.1) is 0 Å². The molecule has 2 aliphatic rings. The van der Waals surface area contributed by atoms with Crippen molar-refractivity contribution in [2.24, 2.45) is 5.73 Å². The summed E-state index contributed by atoms with van der Waals surface area (Å²) in [6.07, 6.45) is 5.61. The molecule has 4 heteroatoms. The standard InChI is InChI=1S/C15H31N3O/c1-15(2,12-16)18-9-7-17(8-10-18)13-5-4-6-14(11-13)19-3/h13-14H,4-12,16H2,1-3H3. The molecule has 19 heavy (non-hydrogen) atoms. The van der Waals surface area contributed by atoms with E-state index in [4.69, 9.17) is 10.5 Å². The van der Waals surface area contributed by atoms with E-state index in [-0.39, 0.29) is 5.54 Å². The van der Waals surface area contributed by atoms with Crippen LogP contribution in [0.5, 0.6) is 0 Å². The van der Waals surface area contributed by atoms with Crippen molar-refractivity contribution in [1.29, 1.82) is 0 Å². The van der Waals surface area contributed by atoms with E-state index in [9.17, 15) is 0 Å². The molecular weight excluding hydrogens is 238 g/mol. The van der Waals surface area contributed by atoms with E-state index in [0.717, 1.165) is 25.7 Å². The van der Waals surface area contributed by atoms with E-state index in [1.165, 1.54) is 38.8 Å². The minimum atomic E-state index is 0.147. The van der Waals surface area contributed by atoms with Crippen molar-refractivity contribution in [3.8, 4) is 0 Å². The number of nitrogens with two attached hydrogens (primary N) is 1. The minimum Gasteiger partial charge on any atom is -0.381 e. The van der Waals surface area contributed by atoms with Crippen molar-refractivity contribution >= 4 is 0 Å². The van der Waals surface area contributed by atoms with Crippen LogP contribution in [0.15, 0.2) is 0 Å². The van der Waals surface area contributed by atoms with Crippen LogP contribution < -0.4 is 5.73 Å². The molecule has 1 aliphatic heterocycles. The first-order valence-corrected chi connectivity index (χ1v) is 7.79. The molecule has 0 aromatic heterocycles.